The van der Waals surface area contributed by atoms with Gasteiger partial charge in [-0.25, -0.2) is 0 Å². The molecule has 3 rings (SSSR count). The molecule has 2 aromatic rings. The number of thioether (sulfide) groups is 1. The van der Waals surface area contributed by atoms with Crippen LogP contribution in [0.3, 0.4) is 0 Å². The molecule has 1 heterocycles. The number of hydrogen-bond acceptors (Lipinski definition) is 4. The number of rotatable bonds is 10. The zero-order valence-corrected chi connectivity index (χ0v) is 21.0. The third-order valence-electron chi connectivity index (χ3n) is 6.14. The smallest absolute Gasteiger partial charge is 0.234 e. The number of hydrogen-bond donors (Lipinski definition) is 1. The van der Waals surface area contributed by atoms with Gasteiger partial charge in [0.05, 0.1) is 5.75 Å². The maximum absolute atomic E-state index is 12.7. The highest BCUT2D eigenvalue weighted by molar-refractivity contribution is 7.99. The maximum Gasteiger partial charge on any atom is 0.234 e. The first kappa shape index (κ1) is 24.8. The Morgan fingerprint density at radius 2 is 1.47 bits per heavy atom. The number of piperazine rings is 1. The normalized spacial score (nSPS) is 15.4. The van der Waals surface area contributed by atoms with E-state index >= 15 is 0 Å². The van der Waals surface area contributed by atoms with E-state index in [0.29, 0.717) is 17.6 Å². The van der Waals surface area contributed by atoms with Gasteiger partial charge in [-0.05, 0) is 28.5 Å². The number of para-hydroxylation sites is 1. The second-order valence-corrected chi connectivity index (χ2v) is 10.4. The molecule has 0 radical (unpaired) electrons. The molecule has 0 unspecified atom stereocenters. The fourth-order valence-corrected chi connectivity index (χ4v) is 5.03. The van der Waals surface area contributed by atoms with E-state index < -0.39 is 0 Å². The minimum atomic E-state index is 0.109. The van der Waals surface area contributed by atoms with Crippen LogP contribution in [0.4, 0.5) is 5.69 Å². The minimum absolute atomic E-state index is 0.109. The first-order chi connectivity index (χ1) is 15.4. The van der Waals surface area contributed by atoms with E-state index in [-0.39, 0.29) is 5.91 Å². The molecule has 1 saturated heterocycles. The van der Waals surface area contributed by atoms with E-state index in [9.17, 15) is 4.79 Å². The Balaban J connectivity index is 1.38. The predicted octanol–water partition coefficient (Wildman–Crippen LogP) is 5.42. The van der Waals surface area contributed by atoms with E-state index in [1.807, 2.05) is 0 Å². The van der Waals surface area contributed by atoms with Gasteiger partial charge >= 0.3 is 0 Å². The summed E-state index contributed by atoms with van der Waals surface area (Å²) in [7, 11) is 0. The van der Waals surface area contributed by atoms with Crippen molar-refractivity contribution in [3.63, 3.8) is 0 Å². The lowest BCUT2D eigenvalue weighted by Crippen LogP contribution is -2.46. The molecule has 2 aromatic carbocycles. The lowest BCUT2D eigenvalue weighted by molar-refractivity contribution is -0.113. The molecule has 0 atom stereocenters. The number of benzene rings is 2. The molecule has 0 aliphatic carbocycles. The SMILES string of the molecule is CC(C)c1cccc(C(C)C)c1NC(=O)CSCCN1CCN(Cc2ccccc2)CC1. The fourth-order valence-electron chi connectivity index (χ4n) is 4.24. The standard InChI is InChI=1S/C27H39N3OS/c1-21(2)24-11-8-12-25(22(3)4)27(24)28-26(31)20-32-18-17-29-13-15-30(16-14-29)19-23-9-6-5-7-10-23/h5-12,21-22H,13-20H2,1-4H3,(H,28,31). The van der Waals surface area contributed by atoms with Crippen LogP contribution in [-0.4, -0.2) is 59.9 Å². The lowest BCUT2D eigenvalue weighted by atomic mass is 9.92. The molecule has 1 amide bonds. The van der Waals surface area contributed by atoms with E-state index in [1.54, 1.807) is 11.8 Å². The van der Waals surface area contributed by atoms with Crippen molar-refractivity contribution >= 4 is 23.4 Å². The van der Waals surface area contributed by atoms with Crippen LogP contribution in [-0.2, 0) is 11.3 Å². The topological polar surface area (TPSA) is 35.6 Å². The number of carbonyl (C=O) groups excluding carboxylic acids is 1. The molecular formula is C27H39N3OS. The van der Waals surface area contributed by atoms with Crippen molar-refractivity contribution in [1.82, 2.24) is 9.80 Å². The molecule has 1 N–H and O–H groups in total. The van der Waals surface area contributed by atoms with Crippen molar-refractivity contribution in [2.24, 2.45) is 0 Å². The van der Waals surface area contributed by atoms with E-state index in [1.165, 1.54) is 16.7 Å². The summed E-state index contributed by atoms with van der Waals surface area (Å²) in [5.41, 5.74) is 4.87. The Morgan fingerprint density at radius 3 is 2.06 bits per heavy atom. The largest absolute Gasteiger partial charge is 0.325 e. The van der Waals surface area contributed by atoms with Crippen molar-refractivity contribution in [1.29, 1.82) is 0 Å². The van der Waals surface area contributed by atoms with Crippen molar-refractivity contribution < 1.29 is 4.79 Å². The first-order valence-electron chi connectivity index (χ1n) is 11.9. The zero-order chi connectivity index (χ0) is 22.9. The number of nitrogens with zero attached hydrogens (tertiary/aromatic N) is 2. The zero-order valence-electron chi connectivity index (χ0n) is 20.1. The third-order valence-corrected chi connectivity index (χ3v) is 7.07. The molecule has 1 aliphatic rings. The maximum atomic E-state index is 12.7. The predicted molar refractivity (Wildman–Crippen MR) is 139 cm³/mol. The summed E-state index contributed by atoms with van der Waals surface area (Å²) >= 11 is 1.74. The van der Waals surface area contributed by atoms with Gasteiger partial charge in [0.15, 0.2) is 0 Å². The molecule has 0 saturated carbocycles. The second-order valence-electron chi connectivity index (χ2n) is 9.33. The number of carbonyl (C=O) groups is 1. The van der Waals surface area contributed by atoms with Gasteiger partial charge in [-0.15, -0.1) is 0 Å². The van der Waals surface area contributed by atoms with Gasteiger partial charge in [-0.1, -0.05) is 76.2 Å². The Morgan fingerprint density at radius 1 is 0.875 bits per heavy atom. The Bertz CT molecular complexity index is 819. The van der Waals surface area contributed by atoms with Crippen molar-refractivity contribution in [2.45, 2.75) is 46.1 Å². The minimum Gasteiger partial charge on any atom is -0.325 e. The summed E-state index contributed by atoms with van der Waals surface area (Å²) in [4.78, 5) is 17.7. The fraction of sp³-hybridized carbons (Fsp3) is 0.519. The molecule has 0 bridgehead atoms. The van der Waals surface area contributed by atoms with Gasteiger partial charge in [-0.3, -0.25) is 14.6 Å². The Kier molecular flexibility index (Phi) is 9.64. The highest BCUT2D eigenvalue weighted by Crippen LogP contribution is 2.32. The average molecular weight is 454 g/mol. The molecule has 0 aromatic heterocycles. The van der Waals surface area contributed by atoms with Crippen LogP contribution >= 0.6 is 11.8 Å². The van der Waals surface area contributed by atoms with Crippen LogP contribution in [0.15, 0.2) is 48.5 Å². The first-order valence-corrected chi connectivity index (χ1v) is 13.1. The monoisotopic (exact) mass is 453 g/mol. The van der Waals surface area contributed by atoms with E-state index in [2.05, 4.69) is 91.3 Å². The summed E-state index contributed by atoms with van der Waals surface area (Å²) in [6.45, 7) is 15.3. The quantitative estimate of drug-likeness (QED) is 0.487. The summed E-state index contributed by atoms with van der Waals surface area (Å²) in [6, 6.07) is 17.1. The Hall–Kier alpha value is -1.82. The van der Waals surface area contributed by atoms with Gasteiger partial charge in [0.1, 0.15) is 0 Å². The summed E-state index contributed by atoms with van der Waals surface area (Å²) in [5.74, 6) is 2.39. The molecular weight excluding hydrogens is 414 g/mol. The van der Waals surface area contributed by atoms with Crippen LogP contribution in [0.25, 0.3) is 0 Å². The Labute approximate surface area is 198 Å². The van der Waals surface area contributed by atoms with E-state index in [0.717, 1.165) is 50.7 Å². The third kappa shape index (κ3) is 7.36. The molecule has 174 valence electrons. The molecule has 1 fully saturated rings. The van der Waals surface area contributed by atoms with Gasteiger partial charge in [0.2, 0.25) is 5.91 Å². The van der Waals surface area contributed by atoms with Crippen LogP contribution in [0.5, 0.6) is 0 Å². The molecule has 0 spiro atoms. The molecule has 1 aliphatic heterocycles. The van der Waals surface area contributed by atoms with Gasteiger partial charge in [-0.2, -0.15) is 11.8 Å². The highest BCUT2D eigenvalue weighted by Gasteiger charge is 2.18. The number of amides is 1. The van der Waals surface area contributed by atoms with Crippen molar-refractivity contribution in [2.75, 3.05) is 49.5 Å². The van der Waals surface area contributed by atoms with Crippen LogP contribution in [0.2, 0.25) is 0 Å². The lowest BCUT2D eigenvalue weighted by Gasteiger charge is -2.34. The summed E-state index contributed by atoms with van der Waals surface area (Å²) in [5, 5.41) is 3.23. The van der Waals surface area contributed by atoms with Gasteiger partial charge in [0, 0.05) is 50.7 Å². The van der Waals surface area contributed by atoms with Crippen LogP contribution in [0.1, 0.15) is 56.2 Å². The second kappa shape index (κ2) is 12.4. The van der Waals surface area contributed by atoms with Crippen molar-refractivity contribution in [3.8, 4) is 0 Å². The van der Waals surface area contributed by atoms with E-state index in [4.69, 9.17) is 0 Å². The molecule has 4 nitrogen and oxygen atoms in total. The van der Waals surface area contributed by atoms with Crippen LogP contribution in [0, 0.1) is 0 Å². The molecule has 5 heteroatoms. The average Bonchev–Trinajstić information content (AvgIpc) is 2.78. The molecule has 32 heavy (non-hydrogen) atoms. The summed E-state index contributed by atoms with van der Waals surface area (Å²) < 4.78 is 0. The van der Waals surface area contributed by atoms with Crippen molar-refractivity contribution in [3.05, 3.63) is 65.2 Å². The summed E-state index contributed by atoms with van der Waals surface area (Å²) in [6.07, 6.45) is 0. The highest BCUT2D eigenvalue weighted by atomic mass is 32.2. The van der Waals surface area contributed by atoms with Crippen LogP contribution < -0.4 is 5.32 Å². The number of nitrogens with one attached hydrogen (secondary N) is 1. The number of anilines is 1. The van der Waals surface area contributed by atoms with Gasteiger partial charge < -0.3 is 5.32 Å². The van der Waals surface area contributed by atoms with Gasteiger partial charge in [0.25, 0.3) is 0 Å².